The number of aromatic nitrogens is 1. The lowest BCUT2D eigenvalue weighted by atomic mass is 10.2. The van der Waals surface area contributed by atoms with Crippen molar-refractivity contribution < 1.29 is 4.79 Å². The Balaban J connectivity index is 1.81. The lowest BCUT2D eigenvalue weighted by Gasteiger charge is -2.35. The molecule has 0 spiro atoms. The van der Waals surface area contributed by atoms with Gasteiger partial charge in [-0.3, -0.25) is 14.7 Å². The van der Waals surface area contributed by atoms with Crippen molar-refractivity contribution in [2.24, 2.45) is 0 Å². The molecule has 0 atom stereocenters. The zero-order valence-electron chi connectivity index (χ0n) is 11.7. The van der Waals surface area contributed by atoms with Crippen LogP contribution in [0.5, 0.6) is 0 Å². The van der Waals surface area contributed by atoms with E-state index in [2.05, 4.69) is 28.9 Å². The molecule has 1 aromatic heterocycles. The van der Waals surface area contributed by atoms with Gasteiger partial charge in [-0.1, -0.05) is 6.07 Å². The Morgan fingerprint density at radius 3 is 2.58 bits per heavy atom. The molecule has 0 unspecified atom stereocenters. The van der Waals surface area contributed by atoms with Crippen molar-refractivity contribution in [1.29, 1.82) is 0 Å². The van der Waals surface area contributed by atoms with Crippen LogP contribution in [0.4, 0.5) is 0 Å². The van der Waals surface area contributed by atoms with Crippen molar-refractivity contribution >= 4 is 5.91 Å². The third-order valence-corrected chi connectivity index (χ3v) is 3.41. The highest BCUT2D eigenvalue weighted by Crippen LogP contribution is 2.06. The number of rotatable bonds is 4. The van der Waals surface area contributed by atoms with Crippen molar-refractivity contribution in [1.82, 2.24) is 19.7 Å². The molecular formula is C14H22N4O. The van der Waals surface area contributed by atoms with Crippen molar-refractivity contribution in [3.63, 3.8) is 0 Å². The second-order valence-corrected chi connectivity index (χ2v) is 5.15. The van der Waals surface area contributed by atoms with Gasteiger partial charge >= 0.3 is 0 Å². The van der Waals surface area contributed by atoms with Gasteiger partial charge < -0.3 is 9.80 Å². The predicted octanol–water partition coefficient (Wildman–Crippen LogP) is 0.401. The van der Waals surface area contributed by atoms with Crippen LogP contribution >= 0.6 is 0 Å². The van der Waals surface area contributed by atoms with Gasteiger partial charge in [0.1, 0.15) is 5.69 Å². The fourth-order valence-corrected chi connectivity index (χ4v) is 2.17. The topological polar surface area (TPSA) is 39.7 Å². The molecule has 1 aliphatic rings. The number of piperazine rings is 1. The summed E-state index contributed by atoms with van der Waals surface area (Å²) < 4.78 is 0. The molecular weight excluding hydrogens is 240 g/mol. The van der Waals surface area contributed by atoms with Crippen LogP contribution < -0.4 is 0 Å². The molecule has 1 aliphatic heterocycles. The van der Waals surface area contributed by atoms with E-state index >= 15 is 0 Å². The van der Waals surface area contributed by atoms with E-state index in [-0.39, 0.29) is 5.91 Å². The Morgan fingerprint density at radius 2 is 2.00 bits per heavy atom. The molecule has 5 heteroatoms. The summed E-state index contributed by atoms with van der Waals surface area (Å²) in [5.74, 6) is 0.0489. The quantitative estimate of drug-likeness (QED) is 0.787. The number of amides is 1. The van der Waals surface area contributed by atoms with Crippen molar-refractivity contribution in [2.75, 3.05) is 53.4 Å². The van der Waals surface area contributed by atoms with Crippen LogP contribution in [0.2, 0.25) is 0 Å². The molecule has 0 aliphatic carbocycles. The van der Waals surface area contributed by atoms with E-state index < -0.39 is 0 Å². The van der Waals surface area contributed by atoms with E-state index in [0.29, 0.717) is 5.69 Å². The lowest BCUT2D eigenvalue weighted by Crippen LogP contribution is -2.50. The van der Waals surface area contributed by atoms with Gasteiger partial charge in [0, 0.05) is 45.5 Å². The summed E-state index contributed by atoms with van der Waals surface area (Å²) in [6, 6.07) is 5.46. The maximum atomic E-state index is 12.2. The van der Waals surface area contributed by atoms with Crippen LogP contribution in [0.25, 0.3) is 0 Å². The Bertz CT molecular complexity index is 399. The second-order valence-electron chi connectivity index (χ2n) is 5.15. The highest BCUT2D eigenvalue weighted by atomic mass is 16.2. The van der Waals surface area contributed by atoms with Crippen LogP contribution in [0, 0.1) is 0 Å². The second kappa shape index (κ2) is 6.63. The monoisotopic (exact) mass is 262 g/mol. The molecule has 2 heterocycles. The number of nitrogens with zero attached hydrogens (tertiary/aromatic N) is 4. The molecule has 5 nitrogen and oxygen atoms in total. The molecule has 0 radical (unpaired) electrons. The maximum absolute atomic E-state index is 12.2. The van der Waals surface area contributed by atoms with Gasteiger partial charge in [-0.15, -0.1) is 0 Å². The summed E-state index contributed by atoms with van der Waals surface area (Å²) in [4.78, 5) is 22.8. The van der Waals surface area contributed by atoms with Crippen LogP contribution in [-0.2, 0) is 0 Å². The molecule has 1 aromatic rings. The normalized spacial score (nSPS) is 16.9. The SMILES string of the molecule is CN(C)CCN1CCN(C(=O)c2ccccn2)CC1. The summed E-state index contributed by atoms with van der Waals surface area (Å²) in [7, 11) is 4.17. The highest BCUT2D eigenvalue weighted by molar-refractivity contribution is 5.92. The fraction of sp³-hybridized carbons (Fsp3) is 0.571. The molecule has 1 amide bonds. The Labute approximate surface area is 114 Å². The minimum Gasteiger partial charge on any atom is -0.335 e. The first-order valence-electron chi connectivity index (χ1n) is 6.74. The van der Waals surface area contributed by atoms with Crippen molar-refractivity contribution in [3.8, 4) is 0 Å². The van der Waals surface area contributed by atoms with Gasteiger partial charge in [-0.05, 0) is 26.2 Å². The number of carbonyl (C=O) groups is 1. The first-order chi connectivity index (χ1) is 9.16. The van der Waals surface area contributed by atoms with E-state index in [4.69, 9.17) is 0 Å². The molecule has 0 saturated carbocycles. The molecule has 0 bridgehead atoms. The number of pyridine rings is 1. The first-order valence-corrected chi connectivity index (χ1v) is 6.74. The van der Waals surface area contributed by atoms with Crippen LogP contribution in [0.15, 0.2) is 24.4 Å². The zero-order valence-corrected chi connectivity index (χ0v) is 11.7. The summed E-state index contributed by atoms with van der Waals surface area (Å²) in [5, 5.41) is 0. The van der Waals surface area contributed by atoms with E-state index in [1.54, 1.807) is 12.3 Å². The van der Waals surface area contributed by atoms with Gasteiger partial charge in [-0.25, -0.2) is 0 Å². The molecule has 2 rings (SSSR count). The molecule has 0 N–H and O–H groups in total. The van der Waals surface area contributed by atoms with Crippen molar-refractivity contribution in [3.05, 3.63) is 30.1 Å². The Kier molecular flexibility index (Phi) is 4.87. The fourth-order valence-electron chi connectivity index (χ4n) is 2.17. The lowest BCUT2D eigenvalue weighted by molar-refractivity contribution is 0.0624. The molecule has 0 aromatic carbocycles. The number of hydrogen-bond donors (Lipinski definition) is 0. The molecule has 1 saturated heterocycles. The largest absolute Gasteiger partial charge is 0.335 e. The minimum atomic E-state index is 0.0489. The van der Waals surface area contributed by atoms with Gasteiger partial charge in [0.25, 0.3) is 5.91 Å². The van der Waals surface area contributed by atoms with Crippen LogP contribution in [0.1, 0.15) is 10.5 Å². The summed E-state index contributed by atoms with van der Waals surface area (Å²) in [6.45, 7) is 5.62. The summed E-state index contributed by atoms with van der Waals surface area (Å²) >= 11 is 0. The predicted molar refractivity (Wildman–Crippen MR) is 75.1 cm³/mol. The third-order valence-electron chi connectivity index (χ3n) is 3.41. The standard InChI is InChI=1S/C14H22N4O/c1-16(2)7-8-17-9-11-18(12-10-17)14(19)13-5-3-4-6-15-13/h3-6H,7-12H2,1-2H3. The molecule has 1 fully saturated rings. The Morgan fingerprint density at radius 1 is 1.26 bits per heavy atom. The Hall–Kier alpha value is -1.46. The average Bonchev–Trinajstić information content (AvgIpc) is 2.46. The third kappa shape index (κ3) is 4.01. The van der Waals surface area contributed by atoms with Crippen molar-refractivity contribution in [2.45, 2.75) is 0 Å². The van der Waals surface area contributed by atoms with E-state index in [0.717, 1.165) is 39.3 Å². The van der Waals surface area contributed by atoms with Gasteiger partial charge in [0.05, 0.1) is 0 Å². The first kappa shape index (κ1) is 14.0. The smallest absolute Gasteiger partial charge is 0.272 e. The molecule has 19 heavy (non-hydrogen) atoms. The van der Waals surface area contributed by atoms with Gasteiger partial charge in [-0.2, -0.15) is 0 Å². The maximum Gasteiger partial charge on any atom is 0.272 e. The summed E-state index contributed by atoms with van der Waals surface area (Å²) in [5.41, 5.74) is 0.546. The molecule has 104 valence electrons. The number of carbonyl (C=O) groups excluding carboxylic acids is 1. The highest BCUT2D eigenvalue weighted by Gasteiger charge is 2.22. The number of likely N-dealkylation sites (N-methyl/N-ethyl adjacent to an activating group) is 1. The van der Waals surface area contributed by atoms with E-state index in [9.17, 15) is 4.79 Å². The minimum absolute atomic E-state index is 0.0489. The van der Waals surface area contributed by atoms with Crippen LogP contribution in [-0.4, -0.2) is 79.0 Å². The van der Waals surface area contributed by atoms with Crippen LogP contribution in [0.3, 0.4) is 0 Å². The average molecular weight is 262 g/mol. The zero-order chi connectivity index (χ0) is 13.7. The van der Waals surface area contributed by atoms with E-state index in [1.165, 1.54) is 0 Å². The van der Waals surface area contributed by atoms with E-state index in [1.807, 2.05) is 17.0 Å². The van der Waals surface area contributed by atoms with Gasteiger partial charge in [0.2, 0.25) is 0 Å². The summed E-state index contributed by atoms with van der Waals surface area (Å²) in [6.07, 6.45) is 1.67. The van der Waals surface area contributed by atoms with Gasteiger partial charge in [0.15, 0.2) is 0 Å². The number of hydrogen-bond acceptors (Lipinski definition) is 4.